The fourth-order valence-electron chi connectivity index (χ4n) is 1.57. The van der Waals surface area contributed by atoms with Gasteiger partial charge in [-0.15, -0.1) is 11.3 Å². The number of aryl methyl sites for hydroxylation is 1. The van der Waals surface area contributed by atoms with E-state index in [2.05, 4.69) is 29.1 Å². The van der Waals surface area contributed by atoms with Crippen LogP contribution in [0.4, 0.5) is 5.69 Å². The summed E-state index contributed by atoms with van der Waals surface area (Å²) in [7, 11) is 0. The molecule has 0 bridgehead atoms. The summed E-state index contributed by atoms with van der Waals surface area (Å²) in [6.45, 7) is 4.99. The summed E-state index contributed by atoms with van der Waals surface area (Å²) in [4.78, 5) is 10.0. The van der Waals surface area contributed by atoms with Crippen molar-refractivity contribution in [2.45, 2.75) is 32.9 Å². The minimum atomic E-state index is 0.245. The lowest BCUT2D eigenvalue weighted by Crippen LogP contribution is -2.18. The van der Waals surface area contributed by atoms with Crippen molar-refractivity contribution in [1.82, 2.24) is 15.3 Å². The van der Waals surface area contributed by atoms with Gasteiger partial charge in [0.1, 0.15) is 5.01 Å². The van der Waals surface area contributed by atoms with Crippen LogP contribution >= 0.6 is 11.3 Å². The zero-order valence-electron chi connectivity index (χ0n) is 10.7. The van der Waals surface area contributed by atoms with Crippen LogP contribution in [0.2, 0.25) is 0 Å². The lowest BCUT2D eigenvalue weighted by molar-refractivity contribution is 0.565. The number of nitrogen functional groups attached to an aromatic ring is 1. The lowest BCUT2D eigenvalue weighted by Gasteiger charge is -2.10. The Bertz CT molecular complexity index is 492. The maximum Gasteiger partial charge on any atom is 0.109 e. The molecule has 4 nitrogen and oxygen atoms in total. The van der Waals surface area contributed by atoms with E-state index in [0.29, 0.717) is 5.69 Å². The van der Waals surface area contributed by atoms with Crippen LogP contribution in [0.5, 0.6) is 0 Å². The van der Waals surface area contributed by atoms with Crippen molar-refractivity contribution in [1.29, 1.82) is 0 Å². The Morgan fingerprint density at radius 1 is 1.33 bits per heavy atom. The molecule has 3 N–H and O–H groups in total. The van der Waals surface area contributed by atoms with Crippen molar-refractivity contribution >= 4 is 17.0 Å². The fourth-order valence-corrected chi connectivity index (χ4v) is 2.46. The van der Waals surface area contributed by atoms with E-state index < -0.39 is 0 Å². The van der Waals surface area contributed by atoms with Crippen molar-refractivity contribution in [3.63, 3.8) is 0 Å². The van der Waals surface area contributed by atoms with E-state index in [1.807, 2.05) is 18.3 Å². The summed E-state index contributed by atoms with van der Waals surface area (Å²) in [6.07, 6.45) is 4.68. The standard InChI is InChI=1S/C13H18N4S/c1-3-12-8-17-13(18-12)9(2)15-7-11-5-4-10(14)6-16-11/h4-6,8-9,15H,3,7,14H2,1-2H3. The zero-order chi connectivity index (χ0) is 13.0. The molecule has 1 unspecified atom stereocenters. The van der Waals surface area contributed by atoms with Gasteiger partial charge in [-0.3, -0.25) is 4.98 Å². The van der Waals surface area contributed by atoms with Crippen LogP contribution in [0, 0.1) is 0 Å². The molecule has 0 aliphatic carbocycles. The van der Waals surface area contributed by atoms with E-state index in [9.17, 15) is 0 Å². The average Bonchev–Trinajstić information content (AvgIpc) is 2.86. The Morgan fingerprint density at radius 3 is 2.78 bits per heavy atom. The van der Waals surface area contributed by atoms with Crippen LogP contribution in [0.1, 0.15) is 35.5 Å². The average molecular weight is 262 g/mol. The molecule has 0 amide bonds. The molecule has 0 aliphatic heterocycles. The molecular weight excluding hydrogens is 244 g/mol. The molecule has 5 heteroatoms. The van der Waals surface area contributed by atoms with Crippen LogP contribution in [-0.4, -0.2) is 9.97 Å². The van der Waals surface area contributed by atoms with Crippen LogP contribution in [0.3, 0.4) is 0 Å². The number of hydrogen-bond acceptors (Lipinski definition) is 5. The highest BCUT2D eigenvalue weighted by molar-refractivity contribution is 7.11. The minimum absolute atomic E-state index is 0.245. The number of anilines is 1. The number of rotatable bonds is 5. The SMILES string of the molecule is CCc1cnc(C(C)NCc2ccc(N)cn2)s1. The second kappa shape index (κ2) is 5.93. The van der Waals surface area contributed by atoms with E-state index in [-0.39, 0.29) is 6.04 Å². The quantitative estimate of drug-likeness (QED) is 0.869. The Morgan fingerprint density at radius 2 is 2.17 bits per heavy atom. The highest BCUT2D eigenvalue weighted by atomic mass is 32.1. The first-order valence-corrected chi connectivity index (χ1v) is 6.89. The zero-order valence-corrected chi connectivity index (χ0v) is 11.5. The first-order chi connectivity index (χ1) is 8.69. The monoisotopic (exact) mass is 262 g/mol. The lowest BCUT2D eigenvalue weighted by atomic mass is 10.3. The third-order valence-corrected chi connectivity index (χ3v) is 4.05. The number of nitrogens with zero attached hydrogens (tertiary/aromatic N) is 2. The molecule has 18 heavy (non-hydrogen) atoms. The molecule has 0 fully saturated rings. The topological polar surface area (TPSA) is 63.8 Å². The normalized spacial score (nSPS) is 12.6. The van der Waals surface area contributed by atoms with Gasteiger partial charge in [0.15, 0.2) is 0 Å². The third-order valence-electron chi connectivity index (χ3n) is 2.73. The van der Waals surface area contributed by atoms with E-state index in [0.717, 1.165) is 23.7 Å². The van der Waals surface area contributed by atoms with Gasteiger partial charge in [0.05, 0.1) is 23.6 Å². The molecule has 1 atom stereocenters. The van der Waals surface area contributed by atoms with Crippen LogP contribution in [0.15, 0.2) is 24.5 Å². The van der Waals surface area contributed by atoms with Gasteiger partial charge in [0.2, 0.25) is 0 Å². The second-order valence-electron chi connectivity index (χ2n) is 4.20. The maximum absolute atomic E-state index is 5.60. The molecular formula is C13H18N4S. The van der Waals surface area contributed by atoms with Gasteiger partial charge < -0.3 is 11.1 Å². The summed E-state index contributed by atoms with van der Waals surface area (Å²) in [5.41, 5.74) is 7.28. The molecule has 2 heterocycles. The molecule has 2 rings (SSSR count). The first kappa shape index (κ1) is 13.0. The molecule has 0 aliphatic rings. The Balaban J connectivity index is 1.91. The van der Waals surface area contributed by atoms with Crippen molar-refractivity contribution in [3.8, 4) is 0 Å². The minimum Gasteiger partial charge on any atom is -0.397 e. The summed E-state index contributed by atoms with van der Waals surface area (Å²) in [5, 5.41) is 4.54. The molecule has 0 radical (unpaired) electrons. The number of hydrogen-bond donors (Lipinski definition) is 2. The predicted molar refractivity (Wildman–Crippen MR) is 75.4 cm³/mol. The van der Waals surface area contributed by atoms with Crippen molar-refractivity contribution in [2.75, 3.05) is 5.73 Å². The van der Waals surface area contributed by atoms with Crippen LogP contribution < -0.4 is 11.1 Å². The molecule has 0 saturated heterocycles. The van der Waals surface area contributed by atoms with Crippen molar-refractivity contribution in [3.05, 3.63) is 40.1 Å². The molecule has 2 aromatic heterocycles. The summed E-state index contributed by atoms with van der Waals surface area (Å²) in [6, 6.07) is 4.05. The van der Waals surface area contributed by atoms with Gasteiger partial charge in [-0.25, -0.2) is 4.98 Å². The van der Waals surface area contributed by atoms with Gasteiger partial charge in [-0.2, -0.15) is 0 Å². The first-order valence-electron chi connectivity index (χ1n) is 6.07. The molecule has 0 aromatic carbocycles. The van der Waals surface area contributed by atoms with Crippen molar-refractivity contribution < 1.29 is 0 Å². The number of pyridine rings is 1. The van der Waals surface area contributed by atoms with Crippen LogP contribution in [-0.2, 0) is 13.0 Å². The number of thiazole rings is 1. The highest BCUT2D eigenvalue weighted by Crippen LogP contribution is 2.20. The molecule has 0 spiro atoms. The molecule has 2 aromatic rings. The number of nitrogens with one attached hydrogen (secondary N) is 1. The number of aromatic nitrogens is 2. The number of nitrogens with two attached hydrogens (primary N) is 1. The van der Waals surface area contributed by atoms with Gasteiger partial charge in [-0.1, -0.05) is 6.92 Å². The summed E-state index contributed by atoms with van der Waals surface area (Å²) in [5.74, 6) is 0. The summed E-state index contributed by atoms with van der Waals surface area (Å²) >= 11 is 1.76. The molecule has 0 saturated carbocycles. The van der Waals surface area contributed by atoms with Crippen LogP contribution in [0.25, 0.3) is 0 Å². The van der Waals surface area contributed by atoms with E-state index in [1.54, 1.807) is 17.5 Å². The fraction of sp³-hybridized carbons (Fsp3) is 0.385. The van der Waals surface area contributed by atoms with E-state index in [1.165, 1.54) is 4.88 Å². The Labute approximate surface area is 111 Å². The maximum atomic E-state index is 5.60. The van der Waals surface area contributed by atoms with E-state index in [4.69, 9.17) is 5.73 Å². The van der Waals surface area contributed by atoms with Crippen molar-refractivity contribution in [2.24, 2.45) is 0 Å². The largest absolute Gasteiger partial charge is 0.397 e. The Kier molecular flexibility index (Phi) is 4.28. The third kappa shape index (κ3) is 3.27. The predicted octanol–water partition coefficient (Wildman–Crippen LogP) is 2.53. The van der Waals surface area contributed by atoms with E-state index >= 15 is 0 Å². The Hall–Kier alpha value is -1.46. The van der Waals surface area contributed by atoms with Gasteiger partial charge in [0.25, 0.3) is 0 Å². The highest BCUT2D eigenvalue weighted by Gasteiger charge is 2.09. The molecule has 96 valence electrons. The van der Waals surface area contributed by atoms with Gasteiger partial charge in [0, 0.05) is 17.6 Å². The second-order valence-corrected chi connectivity index (χ2v) is 5.35. The smallest absolute Gasteiger partial charge is 0.109 e. The summed E-state index contributed by atoms with van der Waals surface area (Å²) < 4.78 is 0. The van der Waals surface area contributed by atoms with Gasteiger partial charge in [-0.05, 0) is 25.5 Å². The van der Waals surface area contributed by atoms with Gasteiger partial charge >= 0.3 is 0 Å².